The fourth-order valence-electron chi connectivity index (χ4n) is 3.00. The molecule has 1 fully saturated rings. The van der Waals surface area contributed by atoms with Crippen molar-refractivity contribution < 1.29 is 22.4 Å². The standard InChI is InChI=1S/C20H18ClN3O5S2/c21-17-7-2-1-6-16(17)18(25)13-30-20-23-22-19(29-20)14-4-3-5-15(12-14)31(26,27)24-8-10-28-11-9-24/h1-7,12H,8-11,13H2. The van der Waals surface area contributed by atoms with Crippen LogP contribution in [0.5, 0.6) is 0 Å². The first-order chi connectivity index (χ1) is 14.9. The summed E-state index contributed by atoms with van der Waals surface area (Å²) in [6.45, 7) is 1.37. The summed E-state index contributed by atoms with van der Waals surface area (Å²) in [5, 5.41) is 8.53. The molecule has 11 heteroatoms. The zero-order valence-corrected chi connectivity index (χ0v) is 18.6. The van der Waals surface area contributed by atoms with E-state index in [1.54, 1.807) is 36.4 Å². The number of carbonyl (C=O) groups is 1. The molecular weight excluding hydrogens is 462 g/mol. The van der Waals surface area contributed by atoms with Crippen LogP contribution in [0, 0.1) is 0 Å². The van der Waals surface area contributed by atoms with Crippen LogP contribution < -0.4 is 0 Å². The molecule has 0 aliphatic carbocycles. The summed E-state index contributed by atoms with van der Waals surface area (Å²) in [5.74, 6) is 0.0947. The molecule has 2 heterocycles. The van der Waals surface area contributed by atoms with Crippen molar-refractivity contribution in [3.63, 3.8) is 0 Å². The Labute approximate surface area is 188 Å². The first-order valence-electron chi connectivity index (χ1n) is 9.37. The summed E-state index contributed by atoms with van der Waals surface area (Å²) in [6, 6.07) is 13.2. The molecular formula is C20H18ClN3O5S2. The second kappa shape index (κ2) is 9.49. The van der Waals surface area contributed by atoms with Crippen LogP contribution in [-0.2, 0) is 14.8 Å². The minimum Gasteiger partial charge on any atom is -0.411 e. The summed E-state index contributed by atoms with van der Waals surface area (Å²) in [6.07, 6.45) is 0. The molecule has 31 heavy (non-hydrogen) atoms. The zero-order chi connectivity index (χ0) is 21.8. The van der Waals surface area contributed by atoms with Crippen molar-refractivity contribution in [2.75, 3.05) is 32.1 Å². The van der Waals surface area contributed by atoms with Gasteiger partial charge in [0.1, 0.15) is 0 Å². The number of Topliss-reactive ketones (excluding diaryl/α,β-unsaturated/α-hetero) is 1. The van der Waals surface area contributed by atoms with Crippen LogP contribution in [0.25, 0.3) is 11.5 Å². The molecule has 1 aliphatic heterocycles. The van der Waals surface area contributed by atoms with Gasteiger partial charge in [-0.25, -0.2) is 8.42 Å². The molecule has 162 valence electrons. The number of morpholine rings is 1. The van der Waals surface area contributed by atoms with Crippen LogP contribution in [-0.4, -0.2) is 60.8 Å². The minimum atomic E-state index is -3.64. The van der Waals surface area contributed by atoms with E-state index in [1.807, 2.05) is 0 Å². The molecule has 0 unspecified atom stereocenters. The van der Waals surface area contributed by atoms with E-state index in [2.05, 4.69) is 10.2 Å². The fourth-order valence-corrected chi connectivity index (χ4v) is 5.34. The van der Waals surface area contributed by atoms with Gasteiger partial charge >= 0.3 is 0 Å². The Hall–Kier alpha value is -2.24. The molecule has 8 nitrogen and oxygen atoms in total. The lowest BCUT2D eigenvalue weighted by molar-refractivity contribution is 0.0730. The van der Waals surface area contributed by atoms with E-state index in [-0.39, 0.29) is 27.5 Å². The lowest BCUT2D eigenvalue weighted by Crippen LogP contribution is -2.40. The molecule has 0 atom stereocenters. The van der Waals surface area contributed by atoms with Gasteiger partial charge in [0.2, 0.25) is 15.9 Å². The number of benzene rings is 2. The first-order valence-corrected chi connectivity index (χ1v) is 12.2. The van der Waals surface area contributed by atoms with Gasteiger partial charge in [0.15, 0.2) is 5.78 Å². The summed E-state index contributed by atoms with van der Waals surface area (Å²) in [5.41, 5.74) is 0.906. The molecule has 1 aromatic heterocycles. The Bertz CT molecular complexity index is 1190. The smallest absolute Gasteiger partial charge is 0.277 e. The van der Waals surface area contributed by atoms with Gasteiger partial charge in [0.25, 0.3) is 5.22 Å². The van der Waals surface area contributed by atoms with Gasteiger partial charge in [-0.15, -0.1) is 10.2 Å². The number of nitrogens with zero attached hydrogens (tertiary/aromatic N) is 3. The van der Waals surface area contributed by atoms with Gasteiger partial charge in [-0.1, -0.05) is 41.6 Å². The second-order valence-electron chi connectivity index (χ2n) is 6.61. The molecule has 0 spiro atoms. The minimum absolute atomic E-state index is 0.0802. The monoisotopic (exact) mass is 479 g/mol. The van der Waals surface area contributed by atoms with Crippen molar-refractivity contribution in [2.24, 2.45) is 0 Å². The predicted molar refractivity (Wildman–Crippen MR) is 116 cm³/mol. The number of halogens is 1. The van der Waals surface area contributed by atoms with Crippen LogP contribution in [0.15, 0.2) is 63.1 Å². The van der Waals surface area contributed by atoms with Crippen molar-refractivity contribution in [1.29, 1.82) is 0 Å². The van der Waals surface area contributed by atoms with Crippen LogP contribution in [0.4, 0.5) is 0 Å². The number of aromatic nitrogens is 2. The number of ketones is 1. The highest BCUT2D eigenvalue weighted by molar-refractivity contribution is 7.99. The van der Waals surface area contributed by atoms with Gasteiger partial charge in [-0.05, 0) is 30.3 Å². The highest BCUT2D eigenvalue weighted by Gasteiger charge is 2.27. The van der Waals surface area contributed by atoms with Crippen molar-refractivity contribution in [1.82, 2.24) is 14.5 Å². The largest absolute Gasteiger partial charge is 0.411 e. The number of ether oxygens (including phenoxy) is 1. The van der Waals surface area contributed by atoms with E-state index < -0.39 is 10.0 Å². The molecule has 0 bridgehead atoms. The Kier molecular flexibility index (Phi) is 6.73. The molecule has 2 aromatic carbocycles. The molecule has 3 aromatic rings. The Morgan fingerprint density at radius 3 is 2.65 bits per heavy atom. The zero-order valence-electron chi connectivity index (χ0n) is 16.2. The van der Waals surface area contributed by atoms with Crippen molar-refractivity contribution in [3.8, 4) is 11.5 Å². The SMILES string of the molecule is O=C(CSc1nnc(-c2cccc(S(=O)(=O)N3CCOCC3)c2)o1)c1ccccc1Cl. The number of carbonyl (C=O) groups excluding carboxylic acids is 1. The summed E-state index contributed by atoms with van der Waals surface area (Å²) < 4.78 is 38.0. The molecule has 0 N–H and O–H groups in total. The highest BCUT2D eigenvalue weighted by Crippen LogP contribution is 2.27. The van der Waals surface area contributed by atoms with Crippen LogP contribution >= 0.6 is 23.4 Å². The van der Waals surface area contributed by atoms with E-state index in [9.17, 15) is 13.2 Å². The molecule has 0 amide bonds. The van der Waals surface area contributed by atoms with Crippen LogP contribution in [0.2, 0.25) is 5.02 Å². The topological polar surface area (TPSA) is 103 Å². The molecule has 4 rings (SSSR count). The molecule has 0 saturated carbocycles. The van der Waals surface area contributed by atoms with Gasteiger partial charge in [0, 0.05) is 24.2 Å². The highest BCUT2D eigenvalue weighted by atomic mass is 35.5. The van der Waals surface area contributed by atoms with E-state index in [4.69, 9.17) is 20.8 Å². The Balaban J connectivity index is 1.47. The molecule has 1 saturated heterocycles. The second-order valence-corrected chi connectivity index (χ2v) is 9.88. The van der Waals surface area contributed by atoms with E-state index >= 15 is 0 Å². The number of hydrogen-bond acceptors (Lipinski definition) is 8. The van der Waals surface area contributed by atoms with E-state index in [0.29, 0.717) is 42.5 Å². The van der Waals surface area contributed by atoms with Crippen LogP contribution in [0.1, 0.15) is 10.4 Å². The van der Waals surface area contributed by atoms with Gasteiger partial charge in [-0.3, -0.25) is 4.79 Å². The summed E-state index contributed by atoms with van der Waals surface area (Å²) >= 11 is 7.14. The summed E-state index contributed by atoms with van der Waals surface area (Å²) in [4.78, 5) is 12.5. The van der Waals surface area contributed by atoms with Crippen molar-refractivity contribution in [2.45, 2.75) is 10.1 Å². The number of sulfonamides is 1. The third kappa shape index (κ3) is 4.99. The number of hydrogen-bond donors (Lipinski definition) is 0. The van der Waals surface area contributed by atoms with E-state index in [0.717, 1.165) is 11.8 Å². The van der Waals surface area contributed by atoms with Gasteiger partial charge in [0.05, 0.1) is 28.9 Å². The Morgan fingerprint density at radius 2 is 1.87 bits per heavy atom. The number of rotatable bonds is 7. The third-order valence-corrected chi connectivity index (χ3v) is 7.64. The lowest BCUT2D eigenvalue weighted by atomic mass is 10.1. The third-order valence-electron chi connectivity index (χ3n) is 4.60. The Morgan fingerprint density at radius 1 is 1.10 bits per heavy atom. The maximum Gasteiger partial charge on any atom is 0.277 e. The molecule has 0 radical (unpaired) electrons. The van der Waals surface area contributed by atoms with Gasteiger partial charge < -0.3 is 9.15 Å². The maximum absolute atomic E-state index is 12.9. The average molecular weight is 480 g/mol. The molecule has 1 aliphatic rings. The van der Waals surface area contributed by atoms with E-state index in [1.165, 1.54) is 16.4 Å². The summed E-state index contributed by atoms with van der Waals surface area (Å²) in [7, 11) is -3.64. The van der Waals surface area contributed by atoms with Crippen LogP contribution in [0.3, 0.4) is 0 Å². The number of thioether (sulfide) groups is 1. The quantitative estimate of drug-likeness (QED) is 0.375. The maximum atomic E-state index is 12.9. The van der Waals surface area contributed by atoms with Crippen molar-refractivity contribution in [3.05, 3.63) is 59.1 Å². The predicted octanol–water partition coefficient (Wildman–Crippen LogP) is 3.39. The fraction of sp³-hybridized carbons (Fsp3) is 0.250. The normalized spacial score (nSPS) is 15.1. The lowest BCUT2D eigenvalue weighted by Gasteiger charge is -2.26. The van der Waals surface area contributed by atoms with Gasteiger partial charge in [-0.2, -0.15) is 4.31 Å². The van der Waals surface area contributed by atoms with Crippen molar-refractivity contribution >= 4 is 39.2 Å². The average Bonchev–Trinajstić information content (AvgIpc) is 3.28. The first kappa shape index (κ1) is 22.0.